The van der Waals surface area contributed by atoms with E-state index in [1.165, 1.54) is 0 Å². The lowest BCUT2D eigenvalue weighted by molar-refractivity contribution is 0.0224. The number of benzene rings is 4. The van der Waals surface area contributed by atoms with Gasteiger partial charge in [0.15, 0.2) is 5.60 Å². The lowest BCUT2D eigenvalue weighted by atomic mass is 9.77. The van der Waals surface area contributed by atoms with Crippen LogP contribution in [0.5, 0.6) is 23.0 Å². The zero-order chi connectivity index (χ0) is 24.9. The van der Waals surface area contributed by atoms with Gasteiger partial charge in [0, 0.05) is 33.3 Å². The van der Waals surface area contributed by atoms with Gasteiger partial charge in [0.1, 0.15) is 23.0 Å². The second kappa shape index (κ2) is 8.67. The average Bonchev–Trinajstić information content (AvgIpc) is 3.21. The minimum Gasteiger partial charge on any atom is -0.497 e. The Morgan fingerprint density at radius 1 is 0.861 bits per heavy atom. The second-order valence-corrected chi connectivity index (χ2v) is 9.18. The van der Waals surface area contributed by atoms with Gasteiger partial charge in [-0.1, -0.05) is 59.0 Å². The van der Waals surface area contributed by atoms with E-state index in [2.05, 4.69) is 22.6 Å². The Hall–Kier alpha value is -3.85. The van der Waals surface area contributed by atoms with Crippen LogP contribution in [0.25, 0.3) is 0 Å². The number of carbonyl (C=O) groups excluding carboxylic acids is 2. The summed E-state index contributed by atoms with van der Waals surface area (Å²) in [5.41, 5.74) is 2.77. The molecule has 0 aliphatic carbocycles. The van der Waals surface area contributed by atoms with E-state index in [9.17, 15) is 9.59 Å². The molecule has 0 bridgehead atoms. The zero-order valence-electron chi connectivity index (χ0n) is 19.1. The van der Waals surface area contributed by atoms with Crippen LogP contribution < -0.4 is 14.2 Å². The first-order valence-corrected chi connectivity index (χ1v) is 12.8. The molecule has 0 saturated carbocycles. The molecule has 2 aliphatic heterocycles. The maximum absolute atomic E-state index is 13.0. The van der Waals surface area contributed by atoms with Crippen LogP contribution in [-0.4, -0.2) is 19.0 Å². The fraction of sp³-hybridized carbons (Fsp3) is 0.103. The van der Waals surface area contributed by atoms with E-state index in [0.717, 1.165) is 11.1 Å². The number of esters is 2. The van der Waals surface area contributed by atoms with Crippen LogP contribution in [0.4, 0.5) is 0 Å². The SMILES string of the molecule is COc1ccc2c(c1)Oc1cc(OC(=O)c3ccccc3CI)ccc1C21OC(=O)c2ccccc21. The van der Waals surface area contributed by atoms with Crippen molar-refractivity contribution in [1.82, 2.24) is 0 Å². The summed E-state index contributed by atoms with van der Waals surface area (Å²) in [6.07, 6.45) is 0. The minimum absolute atomic E-state index is 0.320. The first-order valence-electron chi connectivity index (χ1n) is 11.2. The van der Waals surface area contributed by atoms with Crippen molar-refractivity contribution < 1.29 is 28.5 Å². The van der Waals surface area contributed by atoms with E-state index in [1.54, 1.807) is 43.5 Å². The highest BCUT2D eigenvalue weighted by Crippen LogP contribution is 2.57. The van der Waals surface area contributed by atoms with E-state index in [-0.39, 0.29) is 0 Å². The van der Waals surface area contributed by atoms with Gasteiger partial charge < -0.3 is 18.9 Å². The highest BCUT2D eigenvalue weighted by atomic mass is 127. The number of halogens is 1. The summed E-state index contributed by atoms with van der Waals surface area (Å²) in [6, 6.07) is 25.2. The van der Waals surface area contributed by atoms with Gasteiger partial charge in [-0.2, -0.15) is 0 Å². The Morgan fingerprint density at radius 3 is 2.28 bits per heavy atom. The summed E-state index contributed by atoms with van der Waals surface area (Å²) in [6.45, 7) is 0. The molecule has 0 saturated heterocycles. The number of alkyl halides is 1. The van der Waals surface area contributed by atoms with Gasteiger partial charge in [-0.25, -0.2) is 9.59 Å². The summed E-state index contributed by atoms with van der Waals surface area (Å²) in [5.74, 6) is 0.973. The fourth-order valence-electron chi connectivity index (χ4n) is 4.83. The molecule has 4 aromatic carbocycles. The summed E-state index contributed by atoms with van der Waals surface area (Å²) >= 11 is 2.22. The van der Waals surface area contributed by atoms with Crippen molar-refractivity contribution >= 4 is 34.5 Å². The second-order valence-electron chi connectivity index (χ2n) is 8.42. The molecule has 6 rings (SSSR count). The van der Waals surface area contributed by atoms with Crippen molar-refractivity contribution in [2.24, 2.45) is 0 Å². The number of methoxy groups -OCH3 is 1. The predicted molar refractivity (Wildman–Crippen MR) is 140 cm³/mol. The topological polar surface area (TPSA) is 71.1 Å². The average molecular weight is 590 g/mol. The molecule has 2 heterocycles. The lowest BCUT2D eigenvalue weighted by Gasteiger charge is -2.36. The van der Waals surface area contributed by atoms with Crippen LogP contribution in [0.3, 0.4) is 0 Å². The van der Waals surface area contributed by atoms with Crippen molar-refractivity contribution in [2.75, 3.05) is 7.11 Å². The Morgan fingerprint density at radius 2 is 1.53 bits per heavy atom. The van der Waals surface area contributed by atoms with Gasteiger partial charge in [-0.05, 0) is 42.0 Å². The van der Waals surface area contributed by atoms with Crippen molar-refractivity contribution in [2.45, 2.75) is 10.0 Å². The molecule has 36 heavy (non-hydrogen) atoms. The van der Waals surface area contributed by atoms with E-state index in [1.807, 2.05) is 48.5 Å². The number of hydrogen-bond donors (Lipinski definition) is 0. The molecule has 0 fully saturated rings. The highest BCUT2D eigenvalue weighted by molar-refractivity contribution is 14.1. The highest BCUT2D eigenvalue weighted by Gasteiger charge is 2.53. The van der Waals surface area contributed by atoms with Crippen molar-refractivity contribution in [3.63, 3.8) is 0 Å². The lowest BCUT2D eigenvalue weighted by Crippen LogP contribution is -2.33. The van der Waals surface area contributed by atoms with Gasteiger partial charge in [0.2, 0.25) is 0 Å². The molecule has 0 aromatic heterocycles. The van der Waals surface area contributed by atoms with Crippen molar-refractivity contribution in [3.05, 3.63) is 118 Å². The van der Waals surface area contributed by atoms with Gasteiger partial charge in [0.05, 0.1) is 18.2 Å². The minimum atomic E-state index is -1.20. The molecule has 2 aliphatic rings. The number of fused-ring (bicyclic) bond motifs is 6. The molecular formula is C29H19IO6. The van der Waals surface area contributed by atoms with Crippen LogP contribution in [-0.2, 0) is 14.8 Å². The third-order valence-corrected chi connectivity index (χ3v) is 7.31. The molecule has 4 aromatic rings. The molecule has 1 spiro atoms. The molecule has 0 radical (unpaired) electrons. The largest absolute Gasteiger partial charge is 0.497 e. The molecule has 6 nitrogen and oxygen atoms in total. The van der Waals surface area contributed by atoms with E-state index >= 15 is 0 Å². The zero-order valence-corrected chi connectivity index (χ0v) is 21.3. The Balaban J connectivity index is 1.48. The predicted octanol–water partition coefficient (Wildman–Crippen LogP) is 6.42. The van der Waals surface area contributed by atoms with E-state index < -0.39 is 17.5 Å². The monoisotopic (exact) mass is 590 g/mol. The number of hydrogen-bond acceptors (Lipinski definition) is 6. The van der Waals surface area contributed by atoms with Gasteiger partial charge >= 0.3 is 11.9 Å². The van der Waals surface area contributed by atoms with Crippen molar-refractivity contribution in [1.29, 1.82) is 0 Å². The maximum atomic E-state index is 13.0. The fourth-order valence-corrected chi connectivity index (χ4v) is 5.49. The summed E-state index contributed by atoms with van der Waals surface area (Å²) in [4.78, 5) is 25.9. The van der Waals surface area contributed by atoms with Crippen LogP contribution in [0.15, 0.2) is 84.9 Å². The van der Waals surface area contributed by atoms with E-state index in [0.29, 0.717) is 49.7 Å². The Bertz CT molecular complexity index is 1540. The van der Waals surface area contributed by atoms with Crippen LogP contribution in [0, 0.1) is 0 Å². The van der Waals surface area contributed by atoms with Crippen LogP contribution in [0.1, 0.15) is 43.0 Å². The van der Waals surface area contributed by atoms with E-state index in [4.69, 9.17) is 18.9 Å². The quantitative estimate of drug-likeness (QED) is 0.118. The molecular weight excluding hydrogens is 571 g/mol. The first kappa shape index (κ1) is 22.6. The van der Waals surface area contributed by atoms with Crippen LogP contribution >= 0.6 is 22.6 Å². The smallest absolute Gasteiger partial charge is 0.343 e. The normalized spacial score (nSPS) is 16.9. The molecule has 0 N–H and O–H groups in total. The Labute approximate surface area is 220 Å². The standard InChI is InChI=1S/C29H19IO6/c1-33-18-10-12-23-25(14-18)35-26-15-19(34-27(31)20-7-3-2-6-17(20)16-30)11-13-24(26)29(23)22-9-5-4-8-21(22)28(32)36-29/h2-15H,16H2,1H3. The number of carbonyl (C=O) groups is 2. The first-order chi connectivity index (χ1) is 17.5. The van der Waals surface area contributed by atoms with Gasteiger partial charge in [-0.15, -0.1) is 0 Å². The van der Waals surface area contributed by atoms with Gasteiger partial charge in [-0.3, -0.25) is 0 Å². The molecule has 1 unspecified atom stereocenters. The number of rotatable bonds is 4. The molecule has 0 amide bonds. The molecule has 178 valence electrons. The Kier molecular flexibility index (Phi) is 5.44. The number of ether oxygens (including phenoxy) is 4. The summed E-state index contributed by atoms with van der Waals surface area (Å²) in [5, 5.41) is 0. The summed E-state index contributed by atoms with van der Waals surface area (Å²) in [7, 11) is 1.57. The molecule has 1 atom stereocenters. The van der Waals surface area contributed by atoms with Gasteiger partial charge in [0.25, 0.3) is 0 Å². The maximum Gasteiger partial charge on any atom is 0.343 e. The third kappa shape index (κ3) is 3.37. The van der Waals surface area contributed by atoms with Crippen LogP contribution in [0.2, 0.25) is 0 Å². The van der Waals surface area contributed by atoms with Crippen molar-refractivity contribution in [3.8, 4) is 23.0 Å². The molecule has 7 heteroatoms. The summed E-state index contributed by atoms with van der Waals surface area (Å²) < 4.78 is 24.2. The third-order valence-electron chi connectivity index (χ3n) is 6.48.